The number of rotatable bonds is 10. The monoisotopic (exact) mass is 310 g/mol. The fraction of sp³-hybridized carbons (Fsp3) is 0.381. The van der Waals surface area contributed by atoms with Crippen molar-refractivity contribution >= 4 is 18.0 Å². The van der Waals surface area contributed by atoms with Crippen LogP contribution in [0.3, 0.4) is 0 Å². The Labute approximate surface area is 141 Å². The van der Waals surface area contributed by atoms with Crippen molar-refractivity contribution < 1.29 is 0 Å². The molecule has 0 saturated carbocycles. The molecule has 0 fully saturated rings. The Balaban J connectivity index is 3.04. The molecule has 0 heterocycles. The van der Waals surface area contributed by atoms with Gasteiger partial charge in [-0.15, -0.1) is 0 Å². The predicted molar refractivity (Wildman–Crippen MR) is 105 cm³/mol. The minimum Gasteiger partial charge on any atom is -0.388 e. The molecule has 1 aromatic carbocycles. The molecule has 0 aliphatic carbocycles. The maximum absolute atomic E-state index is 4.24. The van der Waals surface area contributed by atoms with Gasteiger partial charge in [0.05, 0.1) is 0 Å². The van der Waals surface area contributed by atoms with Gasteiger partial charge in [-0.2, -0.15) is 0 Å². The Bertz CT molecular complexity index is 594. The number of hydrogen-bond donors (Lipinski definition) is 1. The molecule has 0 atom stereocenters. The average Bonchev–Trinajstić information content (AvgIpc) is 2.57. The van der Waals surface area contributed by atoms with E-state index >= 15 is 0 Å². The highest BCUT2D eigenvalue weighted by Gasteiger charge is 2.12. The number of nitrogens with one attached hydrogen (secondary N) is 1. The maximum Gasteiger partial charge on any atom is 0.0416 e. The topological polar surface area (TPSA) is 24.4 Å². The van der Waals surface area contributed by atoms with E-state index in [1.54, 1.807) is 0 Å². The van der Waals surface area contributed by atoms with Crippen molar-refractivity contribution in [1.82, 2.24) is 0 Å². The van der Waals surface area contributed by atoms with Crippen molar-refractivity contribution in [2.24, 2.45) is 4.99 Å². The van der Waals surface area contributed by atoms with Crippen LogP contribution in [-0.2, 0) is 6.42 Å². The van der Waals surface area contributed by atoms with E-state index in [2.05, 4.69) is 68.3 Å². The minimum atomic E-state index is 0.828. The lowest BCUT2D eigenvalue weighted by Crippen LogP contribution is -2.02. The molecule has 23 heavy (non-hydrogen) atoms. The van der Waals surface area contributed by atoms with E-state index in [9.17, 15) is 0 Å². The zero-order chi connectivity index (χ0) is 17.2. The summed E-state index contributed by atoms with van der Waals surface area (Å²) >= 11 is 0. The van der Waals surface area contributed by atoms with Crippen LogP contribution in [-0.4, -0.2) is 13.8 Å². The maximum atomic E-state index is 4.24. The van der Waals surface area contributed by atoms with E-state index in [-0.39, 0.29) is 0 Å². The van der Waals surface area contributed by atoms with Crippen molar-refractivity contribution in [3.8, 4) is 0 Å². The van der Waals surface area contributed by atoms with Crippen LogP contribution in [0.1, 0.15) is 50.7 Å². The van der Waals surface area contributed by atoms with Crippen molar-refractivity contribution in [2.75, 3.05) is 12.4 Å². The number of anilines is 1. The number of nitrogens with zero attached hydrogens (tertiary/aromatic N) is 1. The van der Waals surface area contributed by atoms with Crippen LogP contribution in [0.15, 0.2) is 53.7 Å². The highest BCUT2D eigenvalue weighted by molar-refractivity contribution is 5.79. The fourth-order valence-corrected chi connectivity index (χ4v) is 2.78. The zero-order valence-electron chi connectivity index (χ0n) is 14.9. The molecule has 124 valence electrons. The number of benzene rings is 1. The summed E-state index contributed by atoms with van der Waals surface area (Å²) in [5.74, 6) is 0. The quantitative estimate of drug-likeness (QED) is 0.414. The number of aliphatic imine (C=N–C) groups is 1. The average molecular weight is 310 g/mol. The highest BCUT2D eigenvalue weighted by atomic mass is 14.8. The van der Waals surface area contributed by atoms with Crippen LogP contribution in [0.5, 0.6) is 0 Å². The van der Waals surface area contributed by atoms with Gasteiger partial charge in [-0.3, -0.25) is 4.99 Å². The molecule has 0 spiro atoms. The molecule has 1 N–H and O–H groups in total. The third-order valence-corrected chi connectivity index (χ3v) is 4.04. The van der Waals surface area contributed by atoms with Gasteiger partial charge in [0, 0.05) is 24.0 Å². The summed E-state index contributed by atoms with van der Waals surface area (Å²) in [6.45, 7) is 16.0. The fourth-order valence-electron chi connectivity index (χ4n) is 2.78. The number of hydrogen-bond acceptors (Lipinski definition) is 2. The van der Waals surface area contributed by atoms with E-state index in [0.29, 0.717) is 0 Å². The third kappa shape index (κ3) is 5.55. The molecule has 2 heteroatoms. The van der Waals surface area contributed by atoms with Gasteiger partial charge in [0.1, 0.15) is 0 Å². The summed E-state index contributed by atoms with van der Waals surface area (Å²) < 4.78 is 0. The minimum absolute atomic E-state index is 0.828. The van der Waals surface area contributed by atoms with Gasteiger partial charge < -0.3 is 5.32 Å². The van der Waals surface area contributed by atoms with Gasteiger partial charge in [-0.1, -0.05) is 50.3 Å². The van der Waals surface area contributed by atoms with E-state index in [1.165, 1.54) is 28.0 Å². The summed E-state index contributed by atoms with van der Waals surface area (Å²) in [4.78, 5) is 3.87. The Kier molecular flexibility index (Phi) is 8.10. The Morgan fingerprint density at radius 3 is 2.52 bits per heavy atom. The first-order valence-corrected chi connectivity index (χ1v) is 8.33. The van der Waals surface area contributed by atoms with Gasteiger partial charge >= 0.3 is 0 Å². The van der Waals surface area contributed by atoms with Crippen LogP contribution in [0.25, 0.3) is 5.57 Å². The van der Waals surface area contributed by atoms with Gasteiger partial charge in [-0.25, -0.2) is 0 Å². The molecule has 0 bridgehead atoms. The first-order valence-electron chi connectivity index (χ1n) is 8.33. The molecule has 2 nitrogen and oxygen atoms in total. The van der Waals surface area contributed by atoms with Crippen molar-refractivity contribution in [3.05, 3.63) is 59.8 Å². The standard InChI is InChI=1S/C21H30N2/c1-7-10-18(8-2)21-19(11-9-12-20(21)23-6)15-16(3)13-14-17(4)22-5/h8-9,11-12,23H,3-5,7,10,13-15H2,1-2,6H3/b18-8-. The van der Waals surface area contributed by atoms with Gasteiger partial charge in [0.15, 0.2) is 0 Å². The van der Waals surface area contributed by atoms with E-state index in [4.69, 9.17) is 0 Å². The molecule has 0 aliphatic rings. The highest BCUT2D eigenvalue weighted by Crippen LogP contribution is 2.32. The lowest BCUT2D eigenvalue weighted by atomic mass is 9.90. The molecule has 0 unspecified atom stereocenters. The number of allylic oxidation sites excluding steroid dienone is 4. The van der Waals surface area contributed by atoms with E-state index in [1.807, 2.05) is 7.05 Å². The normalized spacial score (nSPS) is 11.2. The second kappa shape index (κ2) is 9.83. The van der Waals surface area contributed by atoms with Crippen LogP contribution < -0.4 is 5.32 Å². The molecule has 0 radical (unpaired) electrons. The first-order chi connectivity index (χ1) is 11.1. The van der Waals surface area contributed by atoms with Crippen LogP contribution in [0.4, 0.5) is 5.69 Å². The van der Waals surface area contributed by atoms with Crippen molar-refractivity contribution in [1.29, 1.82) is 0 Å². The van der Waals surface area contributed by atoms with Crippen molar-refractivity contribution in [2.45, 2.75) is 46.0 Å². The molecule has 0 aromatic heterocycles. The van der Waals surface area contributed by atoms with Gasteiger partial charge in [0.2, 0.25) is 0 Å². The Hall–Kier alpha value is -2.09. The summed E-state index contributed by atoms with van der Waals surface area (Å²) in [6, 6.07) is 6.46. The second-order valence-corrected chi connectivity index (χ2v) is 5.80. The van der Waals surface area contributed by atoms with Gasteiger partial charge in [0.25, 0.3) is 0 Å². The van der Waals surface area contributed by atoms with Crippen LogP contribution in [0, 0.1) is 0 Å². The molecule has 0 aliphatic heterocycles. The second-order valence-electron chi connectivity index (χ2n) is 5.80. The Morgan fingerprint density at radius 1 is 1.22 bits per heavy atom. The molecule has 0 amide bonds. The van der Waals surface area contributed by atoms with E-state index < -0.39 is 0 Å². The lowest BCUT2D eigenvalue weighted by Gasteiger charge is -2.18. The Morgan fingerprint density at radius 2 is 1.96 bits per heavy atom. The van der Waals surface area contributed by atoms with E-state index in [0.717, 1.165) is 37.8 Å². The smallest absolute Gasteiger partial charge is 0.0416 e. The summed E-state index contributed by atoms with van der Waals surface area (Å²) in [7, 11) is 1.98. The first kappa shape index (κ1) is 19.0. The van der Waals surface area contributed by atoms with Crippen LogP contribution >= 0.6 is 0 Å². The molecular formula is C21H30N2. The summed E-state index contributed by atoms with van der Waals surface area (Å²) in [5.41, 5.74) is 7.29. The summed E-state index contributed by atoms with van der Waals surface area (Å²) in [5, 5.41) is 3.33. The van der Waals surface area contributed by atoms with Gasteiger partial charge in [-0.05, 0) is 56.5 Å². The predicted octanol–water partition coefficient (Wildman–Crippen LogP) is 6.02. The molecular weight excluding hydrogens is 280 g/mol. The molecule has 1 aromatic rings. The lowest BCUT2D eigenvalue weighted by molar-refractivity contribution is 0.885. The third-order valence-electron chi connectivity index (χ3n) is 4.04. The molecule has 0 saturated heterocycles. The molecule has 1 rings (SSSR count). The SMILES string of the molecule is C=NC(=C)CCC(=C)Cc1cccc(NC)c1/C(=C\C)CCC. The summed E-state index contributed by atoms with van der Waals surface area (Å²) in [6.07, 6.45) is 7.08. The largest absolute Gasteiger partial charge is 0.388 e. The zero-order valence-corrected chi connectivity index (χ0v) is 14.9. The van der Waals surface area contributed by atoms with Crippen molar-refractivity contribution in [3.63, 3.8) is 0 Å². The van der Waals surface area contributed by atoms with Crippen LogP contribution in [0.2, 0.25) is 0 Å².